The van der Waals surface area contributed by atoms with E-state index in [0.29, 0.717) is 34.2 Å². The summed E-state index contributed by atoms with van der Waals surface area (Å²) >= 11 is 7.92. The van der Waals surface area contributed by atoms with Crippen LogP contribution in [0.2, 0.25) is 5.15 Å². The number of hydrogen-bond acceptors (Lipinski definition) is 5. The number of rotatable bonds is 11. The quantitative estimate of drug-likeness (QED) is 0.109. The lowest BCUT2D eigenvalue weighted by Crippen LogP contribution is -2.34. The summed E-state index contributed by atoms with van der Waals surface area (Å²) in [5, 5.41) is 4.25. The van der Waals surface area contributed by atoms with E-state index in [2.05, 4.69) is 70.8 Å². The highest BCUT2D eigenvalue weighted by atomic mass is 35.5. The Hall–Kier alpha value is -3.35. The van der Waals surface area contributed by atoms with Gasteiger partial charge in [-0.25, -0.2) is 9.97 Å². The topological polar surface area (TPSA) is 58.1 Å². The van der Waals surface area contributed by atoms with Gasteiger partial charge in [-0.05, 0) is 48.1 Å². The van der Waals surface area contributed by atoms with Gasteiger partial charge in [0.25, 0.3) is 5.91 Å². The molecule has 0 spiro atoms. The van der Waals surface area contributed by atoms with E-state index in [1.165, 1.54) is 43.2 Å². The molecule has 1 aliphatic carbocycles. The van der Waals surface area contributed by atoms with E-state index < -0.39 is 0 Å². The maximum Gasteiger partial charge on any atom is 0.251 e. The Morgan fingerprint density at radius 2 is 1.56 bits per heavy atom. The third-order valence-corrected chi connectivity index (χ3v) is 8.96. The van der Waals surface area contributed by atoms with Gasteiger partial charge in [-0.15, -0.1) is 0 Å². The molecule has 7 heteroatoms. The molecule has 0 unspecified atom stereocenters. The molecule has 0 radical (unpaired) electrons. The van der Waals surface area contributed by atoms with E-state index in [0.717, 1.165) is 17.8 Å². The van der Waals surface area contributed by atoms with Crippen LogP contribution in [0.4, 0.5) is 5.82 Å². The number of carbonyl (C=O) groups is 1. The van der Waals surface area contributed by atoms with Crippen LogP contribution in [0.1, 0.15) is 71.5 Å². The number of amides is 1. The van der Waals surface area contributed by atoms with Crippen molar-refractivity contribution >= 4 is 35.1 Å². The number of nitrogens with zero attached hydrogens (tertiary/aromatic N) is 3. The number of benzene rings is 3. The molecule has 1 fully saturated rings. The maximum absolute atomic E-state index is 12.9. The van der Waals surface area contributed by atoms with Crippen molar-refractivity contribution in [2.45, 2.75) is 61.4 Å². The van der Waals surface area contributed by atoms with Gasteiger partial charge >= 0.3 is 0 Å². The molecule has 1 N–H and O–H groups in total. The lowest BCUT2D eigenvalue weighted by molar-refractivity contribution is 0.0953. The Morgan fingerprint density at radius 1 is 0.927 bits per heavy atom. The number of carbonyl (C=O) groups excluding carboxylic acids is 1. The van der Waals surface area contributed by atoms with Gasteiger partial charge in [0, 0.05) is 42.9 Å². The van der Waals surface area contributed by atoms with E-state index in [-0.39, 0.29) is 11.8 Å². The van der Waals surface area contributed by atoms with Crippen LogP contribution in [0.15, 0.2) is 96.2 Å². The van der Waals surface area contributed by atoms with Crippen molar-refractivity contribution in [3.63, 3.8) is 0 Å². The Balaban J connectivity index is 1.14. The van der Waals surface area contributed by atoms with E-state index in [1.54, 1.807) is 11.8 Å². The third-order valence-electron chi connectivity index (χ3n) is 7.85. The highest BCUT2D eigenvalue weighted by Gasteiger charge is 2.20. The molecule has 1 amide bonds. The van der Waals surface area contributed by atoms with Crippen molar-refractivity contribution < 1.29 is 4.79 Å². The second-order valence-corrected chi connectivity index (χ2v) is 12.0. The number of hydrogen-bond donors (Lipinski definition) is 1. The Morgan fingerprint density at radius 3 is 2.20 bits per heavy atom. The van der Waals surface area contributed by atoms with Crippen molar-refractivity contribution in [1.29, 1.82) is 0 Å². The predicted octanol–water partition coefficient (Wildman–Crippen LogP) is 8.14. The van der Waals surface area contributed by atoms with Crippen molar-refractivity contribution in [2.24, 2.45) is 0 Å². The van der Waals surface area contributed by atoms with Crippen LogP contribution in [0.3, 0.4) is 0 Å². The van der Waals surface area contributed by atoms with Gasteiger partial charge in [0.15, 0.2) is 5.16 Å². The van der Waals surface area contributed by atoms with Crippen LogP contribution in [0.25, 0.3) is 0 Å². The van der Waals surface area contributed by atoms with Gasteiger partial charge in [-0.3, -0.25) is 4.79 Å². The van der Waals surface area contributed by atoms with Gasteiger partial charge < -0.3 is 10.2 Å². The molecule has 4 aromatic rings. The molecule has 0 bridgehead atoms. The Labute approximate surface area is 252 Å². The van der Waals surface area contributed by atoms with E-state index in [9.17, 15) is 4.79 Å². The summed E-state index contributed by atoms with van der Waals surface area (Å²) in [7, 11) is 2.11. The highest BCUT2D eigenvalue weighted by Crippen LogP contribution is 2.29. The first-order chi connectivity index (χ1) is 20.1. The number of halogens is 1. The molecule has 0 saturated heterocycles. The normalized spacial score (nSPS) is 13.7. The standard InChI is InChI=1S/C34H37ClN4OS/c1-39(29-15-9-4-10-16-29)32-23-31(35)37-34(38-32)41-24-25-17-19-28(20-18-25)33(40)36-22-21-30(26-11-5-2-6-12-26)27-13-7-3-8-14-27/h2-3,5-8,11-14,17-20,23,29-30H,4,9-10,15-16,21-22,24H2,1H3,(H,36,40). The van der Waals surface area contributed by atoms with Gasteiger partial charge in [-0.1, -0.05) is 115 Å². The van der Waals surface area contributed by atoms with Crippen LogP contribution in [0, 0.1) is 0 Å². The number of thioether (sulfide) groups is 1. The minimum atomic E-state index is -0.0577. The Bertz CT molecular complexity index is 1360. The number of nitrogens with one attached hydrogen (secondary N) is 1. The van der Waals surface area contributed by atoms with Gasteiger partial charge in [0.05, 0.1) is 0 Å². The first-order valence-electron chi connectivity index (χ1n) is 14.4. The molecule has 0 aliphatic heterocycles. The molecule has 0 atom stereocenters. The maximum atomic E-state index is 12.9. The van der Waals surface area contributed by atoms with Gasteiger partial charge in [0.2, 0.25) is 0 Å². The predicted molar refractivity (Wildman–Crippen MR) is 170 cm³/mol. The highest BCUT2D eigenvalue weighted by molar-refractivity contribution is 7.98. The second kappa shape index (κ2) is 14.5. The van der Waals surface area contributed by atoms with Crippen molar-refractivity contribution in [2.75, 3.05) is 18.5 Å². The summed E-state index contributed by atoms with van der Waals surface area (Å²) in [6.07, 6.45) is 7.07. The largest absolute Gasteiger partial charge is 0.357 e. The van der Waals surface area contributed by atoms with Crippen LogP contribution >= 0.6 is 23.4 Å². The van der Waals surface area contributed by atoms with Crippen molar-refractivity contribution in [3.05, 3.63) is 118 Å². The molecule has 5 rings (SSSR count). The summed E-state index contributed by atoms with van der Waals surface area (Å²) in [5.74, 6) is 1.75. The summed E-state index contributed by atoms with van der Waals surface area (Å²) < 4.78 is 0. The molecule has 1 saturated carbocycles. The van der Waals surface area contributed by atoms with Crippen molar-refractivity contribution in [1.82, 2.24) is 15.3 Å². The van der Waals surface area contributed by atoms with E-state index in [1.807, 2.05) is 42.5 Å². The molecule has 1 heterocycles. The van der Waals surface area contributed by atoms with E-state index >= 15 is 0 Å². The lowest BCUT2D eigenvalue weighted by Gasteiger charge is -2.32. The van der Waals surface area contributed by atoms with Crippen LogP contribution in [-0.4, -0.2) is 35.5 Å². The minimum Gasteiger partial charge on any atom is -0.357 e. The first kappa shape index (κ1) is 29.2. The fourth-order valence-corrected chi connectivity index (χ4v) is 6.55. The fourth-order valence-electron chi connectivity index (χ4n) is 5.51. The summed E-state index contributed by atoms with van der Waals surface area (Å²) in [6.45, 7) is 0.592. The molecule has 1 aromatic heterocycles. The summed E-state index contributed by atoms with van der Waals surface area (Å²) in [5.41, 5.74) is 4.27. The molecule has 3 aromatic carbocycles. The smallest absolute Gasteiger partial charge is 0.251 e. The Kier molecular flexibility index (Phi) is 10.3. The molecule has 41 heavy (non-hydrogen) atoms. The molecular formula is C34H37ClN4OS. The molecule has 5 nitrogen and oxygen atoms in total. The lowest BCUT2D eigenvalue weighted by atomic mass is 9.88. The summed E-state index contributed by atoms with van der Waals surface area (Å²) in [6, 6.07) is 31.1. The average molecular weight is 585 g/mol. The number of aromatic nitrogens is 2. The van der Waals surface area contributed by atoms with Crippen LogP contribution in [0.5, 0.6) is 0 Å². The third kappa shape index (κ3) is 8.11. The average Bonchev–Trinajstić information content (AvgIpc) is 3.03. The minimum absolute atomic E-state index is 0.0577. The van der Waals surface area contributed by atoms with Crippen LogP contribution in [-0.2, 0) is 5.75 Å². The number of anilines is 1. The van der Waals surface area contributed by atoms with Gasteiger partial charge in [-0.2, -0.15) is 0 Å². The molecule has 1 aliphatic rings. The van der Waals surface area contributed by atoms with Crippen LogP contribution < -0.4 is 10.2 Å². The van der Waals surface area contributed by atoms with Crippen molar-refractivity contribution in [3.8, 4) is 0 Å². The second-order valence-electron chi connectivity index (χ2n) is 10.6. The summed E-state index contributed by atoms with van der Waals surface area (Å²) in [4.78, 5) is 24.4. The zero-order valence-corrected chi connectivity index (χ0v) is 25.1. The fraction of sp³-hybridized carbons (Fsp3) is 0.324. The molecular weight excluding hydrogens is 548 g/mol. The molecule has 212 valence electrons. The zero-order valence-electron chi connectivity index (χ0n) is 23.5. The SMILES string of the molecule is CN(c1cc(Cl)nc(SCc2ccc(C(=O)NCCC(c3ccccc3)c3ccccc3)cc2)n1)C1CCCCC1. The monoisotopic (exact) mass is 584 g/mol. The van der Waals surface area contributed by atoms with E-state index in [4.69, 9.17) is 16.6 Å². The van der Waals surface area contributed by atoms with Gasteiger partial charge in [0.1, 0.15) is 11.0 Å². The first-order valence-corrected chi connectivity index (χ1v) is 15.8. The zero-order chi connectivity index (χ0) is 28.4.